The first-order chi connectivity index (χ1) is 8.13. The standard InChI is InChI=1S/C15H23BrO/c1-11(7-9-17)13-5-6-14-12(10-16)4-3-8-15(13,14)2/h9-11,13-14H,3-8H2,1-2H3/t11-,13-,14+,15-/m1/s1. The molecule has 0 aromatic rings. The summed E-state index contributed by atoms with van der Waals surface area (Å²) in [5.41, 5.74) is 2.06. The third-order valence-electron chi connectivity index (χ3n) is 5.33. The minimum Gasteiger partial charge on any atom is -0.303 e. The molecule has 0 aromatic heterocycles. The summed E-state index contributed by atoms with van der Waals surface area (Å²) in [6, 6.07) is 0. The van der Waals surface area contributed by atoms with E-state index in [0.717, 1.165) is 24.5 Å². The molecule has 2 fully saturated rings. The average Bonchev–Trinajstić information content (AvgIpc) is 2.66. The monoisotopic (exact) mass is 298 g/mol. The maximum Gasteiger partial charge on any atom is 0.120 e. The summed E-state index contributed by atoms with van der Waals surface area (Å²) < 4.78 is 0. The molecule has 2 saturated carbocycles. The van der Waals surface area contributed by atoms with Crippen LogP contribution in [-0.2, 0) is 4.79 Å². The van der Waals surface area contributed by atoms with Gasteiger partial charge >= 0.3 is 0 Å². The van der Waals surface area contributed by atoms with Crippen LogP contribution < -0.4 is 0 Å². The topological polar surface area (TPSA) is 17.1 Å². The number of carbonyl (C=O) groups excluding carboxylic acids is 1. The summed E-state index contributed by atoms with van der Waals surface area (Å²) in [4.78, 5) is 12.9. The van der Waals surface area contributed by atoms with Crippen molar-refractivity contribution in [1.82, 2.24) is 0 Å². The number of hydrogen-bond acceptors (Lipinski definition) is 1. The lowest BCUT2D eigenvalue weighted by Gasteiger charge is -2.44. The quantitative estimate of drug-likeness (QED) is 0.690. The molecule has 0 bridgehead atoms. The molecule has 0 radical (unpaired) electrons. The van der Waals surface area contributed by atoms with Gasteiger partial charge in [0.2, 0.25) is 0 Å². The van der Waals surface area contributed by atoms with Gasteiger partial charge in [-0.3, -0.25) is 0 Å². The Morgan fingerprint density at radius 2 is 2.29 bits per heavy atom. The van der Waals surface area contributed by atoms with Gasteiger partial charge in [0.05, 0.1) is 0 Å². The van der Waals surface area contributed by atoms with Crippen LogP contribution in [0, 0.1) is 23.2 Å². The molecular formula is C15H23BrO. The largest absolute Gasteiger partial charge is 0.303 e. The third-order valence-corrected chi connectivity index (χ3v) is 5.92. The van der Waals surface area contributed by atoms with Gasteiger partial charge in [-0.25, -0.2) is 0 Å². The zero-order valence-corrected chi connectivity index (χ0v) is 12.5. The highest BCUT2D eigenvalue weighted by Gasteiger charge is 2.50. The summed E-state index contributed by atoms with van der Waals surface area (Å²) in [5, 5.41) is 0. The molecule has 0 amide bonds. The zero-order valence-electron chi connectivity index (χ0n) is 10.9. The van der Waals surface area contributed by atoms with Crippen molar-refractivity contribution in [3.63, 3.8) is 0 Å². The van der Waals surface area contributed by atoms with Gasteiger partial charge in [-0.2, -0.15) is 0 Å². The van der Waals surface area contributed by atoms with Crippen molar-refractivity contribution in [3.05, 3.63) is 10.6 Å². The average molecular weight is 299 g/mol. The lowest BCUT2D eigenvalue weighted by Crippen LogP contribution is -2.36. The Bertz CT molecular complexity index is 323. The normalized spacial score (nSPS) is 41.2. The second-order valence-corrected chi connectivity index (χ2v) is 6.62. The van der Waals surface area contributed by atoms with Gasteiger partial charge in [-0.1, -0.05) is 35.4 Å². The summed E-state index contributed by atoms with van der Waals surface area (Å²) in [6.45, 7) is 4.73. The van der Waals surface area contributed by atoms with Crippen LogP contribution >= 0.6 is 15.9 Å². The van der Waals surface area contributed by atoms with Gasteiger partial charge in [0.15, 0.2) is 0 Å². The Hall–Kier alpha value is -0.110. The highest BCUT2D eigenvalue weighted by atomic mass is 79.9. The molecule has 1 nitrogen and oxygen atoms in total. The molecule has 2 aliphatic rings. The number of carbonyl (C=O) groups is 1. The van der Waals surface area contributed by atoms with Crippen LogP contribution in [0.1, 0.15) is 52.4 Å². The second-order valence-electron chi connectivity index (χ2n) is 6.16. The van der Waals surface area contributed by atoms with E-state index in [9.17, 15) is 4.79 Å². The molecule has 0 N–H and O–H groups in total. The summed E-state index contributed by atoms with van der Waals surface area (Å²) in [7, 11) is 0. The molecule has 4 atom stereocenters. The molecule has 0 saturated heterocycles. The molecule has 0 heterocycles. The van der Waals surface area contributed by atoms with Gasteiger partial charge in [0.1, 0.15) is 6.29 Å². The van der Waals surface area contributed by atoms with Crippen molar-refractivity contribution in [3.8, 4) is 0 Å². The van der Waals surface area contributed by atoms with Crippen LogP contribution in [0.3, 0.4) is 0 Å². The number of fused-ring (bicyclic) bond motifs is 1. The smallest absolute Gasteiger partial charge is 0.120 e. The van der Waals surface area contributed by atoms with Gasteiger partial charge in [0, 0.05) is 6.42 Å². The first-order valence-corrected chi connectivity index (χ1v) is 7.78. The number of allylic oxidation sites excluding steroid dienone is 1. The highest BCUT2D eigenvalue weighted by molar-refractivity contribution is 9.11. The van der Waals surface area contributed by atoms with Crippen LogP contribution in [0.5, 0.6) is 0 Å². The molecule has 17 heavy (non-hydrogen) atoms. The molecule has 0 aromatic carbocycles. The molecule has 2 rings (SSSR count). The Morgan fingerprint density at radius 1 is 1.53 bits per heavy atom. The SMILES string of the molecule is C[C@H](CC=O)[C@H]1CC[C@H]2C(=CBr)CCC[C@]12C. The molecule has 2 heteroatoms. The molecule has 0 aliphatic heterocycles. The Morgan fingerprint density at radius 3 is 2.94 bits per heavy atom. The number of aldehydes is 1. The fourth-order valence-corrected chi connectivity index (χ4v) is 5.01. The first kappa shape index (κ1) is 13.3. The minimum atomic E-state index is 0.445. The number of rotatable bonds is 3. The highest BCUT2D eigenvalue weighted by Crippen LogP contribution is 2.59. The van der Waals surface area contributed by atoms with E-state index in [4.69, 9.17) is 0 Å². The van der Waals surface area contributed by atoms with Crippen LogP contribution in [0.2, 0.25) is 0 Å². The maximum absolute atomic E-state index is 10.7. The van der Waals surface area contributed by atoms with Gasteiger partial charge in [0.25, 0.3) is 0 Å². The zero-order chi connectivity index (χ0) is 12.5. The van der Waals surface area contributed by atoms with E-state index in [1.807, 2.05) is 0 Å². The van der Waals surface area contributed by atoms with Crippen LogP contribution in [-0.4, -0.2) is 6.29 Å². The summed E-state index contributed by atoms with van der Waals surface area (Å²) in [6.07, 6.45) is 8.39. The first-order valence-electron chi connectivity index (χ1n) is 6.86. The van der Waals surface area contributed by atoms with Crippen molar-refractivity contribution in [2.24, 2.45) is 23.2 Å². The van der Waals surface area contributed by atoms with Crippen LogP contribution in [0.4, 0.5) is 0 Å². The third kappa shape index (κ3) is 2.25. The lowest BCUT2D eigenvalue weighted by atomic mass is 9.61. The van der Waals surface area contributed by atoms with Crippen molar-refractivity contribution in [1.29, 1.82) is 0 Å². The Labute approximate surface area is 113 Å². The summed E-state index contributed by atoms with van der Waals surface area (Å²) in [5.74, 6) is 2.05. The van der Waals surface area contributed by atoms with Crippen molar-refractivity contribution >= 4 is 22.2 Å². The van der Waals surface area contributed by atoms with E-state index in [2.05, 4.69) is 34.8 Å². The molecule has 0 spiro atoms. The van der Waals surface area contributed by atoms with E-state index in [1.165, 1.54) is 32.1 Å². The summed E-state index contributed by atoms with van der Waals surface area (Å²) >= 11 is 3.54. The van der Waals surface area contributed by atoms with Crippen LogP contribution in [0.15, 0.2) is 10.6 Å². The van der Waals surface area contributed by atoms with Gasteiger partial charge in [-0.05, 0) is 60.3 Å². The fraction of sp³-hybridized carbons (Fsp3) is 0.800. The predicted octanol–water partition coefficient (Wildman–Crippen LogP) is 4.71. The Balaban J connectivity index is 2.20. The van der Waals surface area contributed by atoms with E-state index in [-0.39, 0.29) is 0 Å². The fourth-order valence-electron chi connectivity index (χ4n) is 4.46. The van der Waals surface area contributed by atoms with Crippen molar-refractivity contribution < 1.29 is 4.79 Å². The molecule has 0 unspecified atom stereocenters. The van der Waals surface area contributed by atoms with Crippen LogP contribution in [0.25, 0.3) is 0 Å². The molecular weight excluding hydrogens is 276 g/mol. The predicted molar refractivity (Wildman–Crippen MR) is 75.0 cm³/mol. The minimum absolute atomic E-state index is 0.445. The van der Waals surface area contributed by atoms with E-state index in [1.54, 1.807) is 5.57 Å². The van der Waals surface area contributed by atoms with Crippen molar-refractivity contribution in [2.45, 2.75) is 52.4 Å². The maximum atomic E-state index is 10.7. The molecule has 2 aliphatic carbocycles. The van der Waals surface area contributed by atoms with E-state index < -0.39 is 0 Å². The van der Waals surface area contributed by atoms with Gasteiger partial charge < -0.3 is 4.79 Å². The van der Waals surface area contributed by atoms with Gasteiger partial charge in [-0.15, -0.1) is 0 Å². The lowest BCUT2D eigenvalue weighted by molar-refractivity contribution is -0.109. The number of hydrogen-bond donors (Lipinski definition) is 0. The second kappa shape index (κ2) is 5.26. The van der Waals surface area contributed by atoms with Crippen molar-refractivity contribution in [2.75, 3.05) is 0 Å². The number of halogens is 1. The Kier molecular flexibility index (Phi) is 4.12. The van der Waals surface area contributed by atoms with E-state index >= 15 is 0 Å². The van der Waals surface area contributed by atoms with E-state index in [0.29, 0.717) is 11.3 Å². The molecule has 96 valence electrons.